The van der Waals surface area contributed by atoms with E-state index in [1.165, 1.54) is 28.4 Å². The number of hydrogen-bond donors (Lipinski definition) is 0. The Hall–Kier alpha value is -2.28. The summed E-state index contributed by atoms with van der Waals surface area (Å²) in [4.78, 5) is 32.4. The van der Waals surface area contributed by atoms with Crippen LogP contribution in [0.2, 0.25) is 0 Å². The van der Waals surface area contributed by atoms with Crippen molar-refractivity contribution < 1.29 is 14.0 Å². The van der Waals surface area contributed by atoms with Crippen LogP contribution in [0, 0.1) is 12.7 Å². The highest BCUT2D eigenvalue weighted by Crippen LogP contribution is 2.19. The van der Waals surface area contributed by atoms with Gasteiger partial charge in [-0.3, -0.25) is 9.59 Å². The maximum Gasteiger partial charge on any atom is 0.245 e. The zero-order valence-corrected chi connectivity index (χ0v) is 14.3. The normalized spacial score (nSPS) is 18.4. The molecule has 24 heavy (non-hydrogen) atoms. The average molecular weight is 347 g/mol. The lowest BCUT2D eigenvalue weighted by molar-refractivity contribution is -0.156. The van der Waals surface area contributed by atoms with E-state index in [2.05, 4.69) is 4.98 Å². The van der Waals surface area contributed by atoms with Crippen molar-refractivity contribution >= 4 is 23.2 Å². The van der Waals surface area contributed by atoms with Crippen molar-refractivity contribution in [3.05, 3.63) is 51.7 Å². The molecule has 2 aromatic rings. The topological polar surface area (TPSA) is 53.5 Å². The molecule has 3 rings (SSSR count). The second-order valence-electron chi connectivity index (χ2n) is 5.88. The minimum atomic E-state index is -0.554. The molecule has 0 aliphatic carbocycles. The van der Waals surface area contributed by atoms with E-state index in [9.17, 15) is 14.0 Å². The Morgan fingerprint density at radius 2 is 2.12 bits per heavy atom. The van der Waals surface area contributed by atoms with Gasteiger partial charge in [-0.25, -0.2) is 9.37 Å². The number of halogens is 1. The summed E-state index contributed by atoms with van der Waals surface area (Å²) < 4.78 is 13.3. The van der Waals surface area contributed by atoms with E-state index in [0.29, 0.717) is 12.1 Å². The number of aromatic nitrogens is 1. The van der Waals surface area contributed by atoms with Crippen LogP contribution < -0.4 is 0 Å². The zero-order valence-electron chi connectivity index (χ0n) is 13.5. The number of carbonyl (C=O) groups is 2. The number of amides is 2. The highest BCUT2D eigenvalue weighted by Gasteiger charge is 2.36. The largest absolute Gasteiger partial charge is 0.327 e. The Morgan fingerprint density at radius 1 is 1.33 bits per heavy atom. The van der Waals surface area contributed by atoms with Gasteiger partial charge in [-0.1, -0.05) is 12.1 Å². The maximum atomic E-state index is 13.3. The summed E-state index contributed by atoms with van der Waals surface area (Å²) >= 11 is 1.52. The van der Waals surface area contributed by atoms with Crippen LogP contribution in [0.15, 0.2) is 29.6 Å². The molecule has 1 saturated heterocycles. The van der Waals surface area contributed by atoms with Crippen LogP contribution in [0.4, 0.5) is 4.39 Å². The van der Waals surface area contributed by atoms with Gasteiger partial charge in [0.15, 0.2) is 0 Å². The molecule has 1 atom stereocenters. The predicted molar refractivity (Wildman–Crippen MR) is 88.7 cm³/mol. The van der Waals surface area contributed by atoms with Crippen molar-refractivity contribution in [3.8, 4) is 0 Å². The van der Waals surface area contributed by atoms with Gasteiger partial charge in [-0.05, 0) is 31.5 Å². The molecule has 7 heteroatoms. The van der Waals surface area contributed by atoms with Crippen molar-refractivity contribution in [2.45, 2.75) is 33.0 Å². The Bertz CT molecular complexity index is 777. The molecule has 1 aliphatic rings. The lowest BCUT2D eigenvalue weighted by atomic mass is 10.1. The fourth-order valence-corrected chi connectivity index (χ4v) is 3.42. The first-order chi connectivity index (χ1) is 11.4. The summed E-state index contributed by atoms with van der Waals surface area (Å²) in [6, 6.07) is 5.53. The molecule has 1 aromatic carbocycles. The SMILES string of the molecule is Cc1nc(CN2C(=O)CN(Cc3cccc(F)c3)C(=O)[C@@H]2C)cs1. The van der Waals surface area contributed by atoms with Gasteiger partial charge < -0.3 is 9.80 Å². The van der Waals surface area contributed by atoms with Crippen LogP contribution in [0.5, 0.6) is 0 Å². The molecular formula is C17H18FN3O2S. The molecular weight excluding hydrogens is 329 g/mol. The van der Waals surface area contributed by atoms with Crippen molar-refractivity contribution in [2.24, 2.45) is 0 Å². The van der Waals surface area contributed by atoms with Crippen LogP contribution in [0.25, 0.3) is 0 Å². The van der Waals surface area contributed by atoms with Gasteiger partial charge in [0.05, 0.1) is 17.2 Å². The van der Waals surface area contributed by atoms with Crippen molar-refractivity contribution in [3.63, 3.8) is 0 Å². The third-order valence-electron chi connectivity index (χ3n) is 4.04. The summed E-state index contributed by atoms with van der Waals surface area (Å²) in [5, 5.41) is 2.83. The van der Waals surface area contributed by atoms with Gasteiger partial charge in [-0.2, -0.15) is 0 Å². The number of benzene rings is 1. The van der Waals surface area contributed by atoms with E-state index in [0.717, 1.165) is 10.7 Å². The van der Waals surface area contributed by atoms with E-state index in [-0.39, 0.29) is 30.7 Å². The fourth-order valence-electron chi connectivity index (χ4n) is 2.82. The number of aryl methyl sites for hydroxylation is 1. The van der Waals surface area contributed by atoms with Crippen LogP contribution in [-0.4, -0.2) is 39.2 Å². The van der Waals surface area contributed by atoms with Crippen molar-refractivity contribution in [2.75, 3.05) is 6.54 Å². The van der Waals surface area contributed by atoms with E-state index in [4.69, 9.17) is 0 Å². The van der Waals surface area contributed by atoms with Crippen LogP contribution in [0.3, 0.4) is 0 Å². The third kappa shape index (κ3) is 3.46. The molecule has 0 radical (unpaired) electrons. The Labute approximate surface area is 143 Å². The number of piperazine rings is 1. The van der Waals surface area contributed by atoms with Crippen LogP contribution >= 0.6 is 11.3 Å². The first-order valence-corrected chi connectivity index (χ1v) is 8.55. The molecule has 0 bridgehead atoms. The smallest absolute Gasteiger partial charge is 0.245 e. The van der Waals surface area contributed by atoms with E-state index in [1.807, 2.05) is 12.3 Å². The molecule has 2 amide bonds. The number of nitrogens with zero attached hydrogens (tertiary/aromatic N) is 3. The minimum Gasteiger partial charge on any atom is -0.327 e. The van der Waals surface area contributed by atoms with Gasteiger partial charge in [0.25, 0.3) is 0 Å². The van der Waals surface area contributed by atoms with Gasteiger partial charge in [0.1, 0.15) is 18.4 Å². The molecule has 5 nitrogen and oxygen atoms in total. The number of rotatable bonds is 4. The van der Waals surface area contributed by atoms with Gasteiger partial charge >= 0.3 is 0 Å². The summed E-state index contributed by atoms with van der Waals surface area (Å²) in [5.41, 5.74) is 1.47. The highest BCUT2D eigenvalue weighted by molar-refractivity contribution is 7.09. The molecule has 0 spiro atoms. The van der Waals surface area contributed by atoms with Crippen molar-refractivity contribution in [1.29, 1.82) is 0 Å². The molecule has 0 unspecified atom stereocenters. The standard InChI is InChI=1S/C17H18FN3O2S/c1-11-17(23)20(7-13-4-3-5-14(18)6-13)9-16(22)21(11)8-15-10-24-12(2)19-15/h3-6,10-11H,7-9H2,1-2H3/t11-/m0/s1. The summed E-state index contributed by atoms with van der Waals surface area (Å²) in [5.74, 6) is -0.605. The lowest BCUT2D eigenvalue weighted by Gasteiger charge is -2.38. The highest BCUT2D eigenvalue weighted by atomic mass is 32.1. The number of thiazole rings is 1. The molecule has 1 fully saturated rings. The quantitative estimate of drug-likeness (QED) is 0.853. The average Bonchev–Trinajstić information content (AvgIpc) is 2.94. The van der Waals surface area contributed by atoms with Gasteiger partial charge in [0, 0.05) is 11.9 Å². The van der Waals surface area contributed by atoms with Crippen LogP contribution in [-0.2, 0) is 22.7 Å². The third-order valence-corrected chi connectivity index (χ3v) is 4.87. The Morgan fingerprint density at radius 3 is 2.79 bits per heavy atom. The fraction of sp³-hybridized carbons (Fsp3) is 0.353. The number of carbonyl (C=O) groups excluding carboxylic acids is 2. The first kappa shape index (κ1) is 16.6. The monoisotopic (exact) mass is 347 g/mol. The van der Waals surface area contributed by atoms with Crippen molar-refractivity contribution in [1.82, 2.24) is 14.8 Å². The van der Waals surface area contributed by atoms with E-state index in [1.54, 1.807) is 24.0 Å². The predicted octanol–water partition coefficient (Wildman–Crippen LogP) is 2.35. The first-order valence-electron chi connectivity index (χ1n) is 7.68. The zero-order chi connectivity index (χ0) is 17.3. The number of hydrogen-bond acceptors (Lipinski definition) is 4. The summed E-state index contributed by atoms with van der Waals surface area (Å²) in [6.07, 6.45) is 0. The van der Waals surface area contributed by atoms with Crippen LogP contribution in [0.1, 0.15) is 23.2 Å². The van der Waals surface area contributed by atoms with E-state index >= 15 is 0 Å². The summed E-state index contributed by atoms with van der Waals surface area (Å²) in [7, 11) is 0. The molecule has 126 valence electrons. The lowest BCUT2D eigenvalue weighted by Crippen LogP contribution is -2.58. The second-order valence-corrected chi connectivity index (χ2v) is 6.94. The Kier molecular flexibility index (Phi) is 4.62. The maximum absolute atomic E-state index is 13.3. The molecule has 2 heterocycles. The van der Waals surface area contributed by atoms with Gasteiger partial charge in [-0.15, -0.1) is 11.3 Å². The summed E-state index contributed by atoms with van der Waals surface area (Å²) in [6.45, 7) is 4.20. The Balaban J connectivity index is 1.72. The van der Waals surface area contributed by atoms with E-state index < -0.39 is 6.04 Å². The molecule has 1 aromatic heterocycles. The molecule has 0 N–H and O–H groups in total. The second kappa shape index (κ2) is 6.68. The molecule has 1 aliphatic heterocycles. The molecule has 0 saturated carbocycles. The minimum absolute atomic E-state index is 0.00278. The van der Waals surface area contributed by atoms with Gasteiger partial charge in [0.2, 0.25) is 11.8 Å².